The van der Waals surface area contributed by atoms with Gasteiger partial charge in [-0.15, -0.1) is 0 Å². The zero-order chi connectivity index (χ0) is 21.4. The summed E-state index contributed by atoms with van der Waals surface area (Å²) in [4.78, 5) is 31.6. The first kappa shape index (κ1) is 19.9. The van der Waals surface area contributed by atoms with E-state index in [4.69, 9.17) is 5.73 Å². The lowest BCUT2D eigenvalue weighted by atomic mass is 9.89. The Labute approximate surface area is 175 Å². The predicted octanol–water partition coefficient (Wildman–Crippen LogP) is 2.80. The zero-order valence-electron chi connectivity index (χ0n) is 17.4. The van der Waals surface area contributed by atoms with E-state index >= 15 is 0 Å². The topological polar surface area (TPSA) is 106 Å². The van der Waals surface area contributed by atoms with Crippen LogP contribution < -0.4 is 11.1 Å². The van der Waals surface area contributed by atoms with Gasteiger partial charge in [0.2, 0.25) is 0 Å². The number of carbonyl (C=O) groups excluding carboxylic acids is 2. The van der Waals surface area contributed by atoms with E-state index in [1.165, 1.54) is 6.20 Å². The third-order valence-corrected chi connectivity index (χ3v) is 5.68. The molecule has 2 atom stereocenters. The molecule has 2 aromatic heterocycles. The Morgan fingerprint density at radius 1 is 1.23 bits per heavy atom. The molecule has 8 heteroatoms. The van der Waals surface area contributed by atoms with Crippen LogP contribution in [0.1, 0.15) is 36.9 Å². The number of fused-ring (bicyclic) bond motifs is 1. The van der Waals surface area contributed by atoms with E-state index in [0.717, 1.165) is 34.9 Å². The first-order chi connectivity index (χ1) is 14.3. The Morgan fingerprint density at radius 2 is 2.03 bits per heavy atom. The fraction of sp³-hybridized carbons (Fsp3) is 0.364. The molecule has 0 aliphatic carbocycles. The normalized spacial score (nSPS) is 19.1. The van der Waals surface area contributed by atoms with Crippen molar-refractivity contribution in [2.45, 2.75) is 32.7 Å². The number of anilines is 2. The molecule has 4 rings (SSSR count). The minimum Gasteiger partial charge on any atom is -0.383 e. The van der Waals surface area contributed by atoms with Gasteiger partial charge in [-0.25, -0.2) is 4.98 Å². The quantitative estimate of drug-likeness (QED) is 0.637. The van der Waals surface area contributed by atoms with Crippen molar-refractivity contribution in [1.82, 2.24) is 19.7 Å². The van der Waals surface area contributed by atoms with E-state index in [1.807, 2.05) is 25.4 Å². The lowest BCUT2D eigenvalue weighted by molar-refractivity contribution is -0.146. The first-order valence-electron chi connectivity index (χ1n) is 10.1. The number of aromatic nitrogens is 3. The van der Waals surface area contributed by atoms with Crippen molar-refractivity contribution in [1.29, 1.82) is 0 Å². The molecule has 1 aliphatic rings. The van der Waals surface area contributed by atoms with Crippen molar-refractivity contribution in [2.75, 3.05) is 17.6 Å². The van der Waals surface area contributed by atoms with E-state index in [0.29, 0.717) is 24.0 Å². The fourth-order valence-electron chi connectivity index (χ4n) is 4.07. The molecule has 2 amide bonds. The molecule has 156 valence electrons. The van der Waals surface area contributed by atoms with Crippen LogP contribution in [0.3, 0.4) is 0 Å². The average molecular weight is 406 g/mol. The third kappa shape index (κ3) is 3.85. The average Bonchev–Trinajstić information content (AvgIpc) is 3.09. The van der Waals surface area contributed by atoms with Gasteiger partial charge in [-0.1, -0.05) is 13.0 Å². The number of nitrogen functional groups attached to an aromatic ring is 1. The highest BCUT2D eigenvalue weighted by Gasteiger charge is 2.34. The molecule has 3 heterocycles. The molecule has 1 aliphatic heterocycles. The van der Waals surface area contributed by atoms with Crippen LogP contribution in [0.2, 0.25) is 0 Å². The number of likely N-dealkylation sites (tertiary alicyclic amines) is 1. The Hall–Kier alpha value is -3.42. The zero-order valence-corrected chi connectivity index (χ0v) is 17.4. The molecule has 1 fully saturated rings. The molecule has 1 saturated heterocycles. The molecular weight excluding hydrogens is 380 g/mol. The van der Waals surface area contributed by atoms with E-state index in [-0.39, 0.29) is 6.04 Å². The number of nitrogens with one attached hydrogen (secondary N) is 1. The number of nitrogens with zero attached hydrogens (tertiary/aromatic N) is 4. The molecular formula is C22H26N6O2. The Morgan fingerprint density at radius 3 is 2.80 bits per heavy atom. The largest absolute Gasteiger partial charge is 0.383 e. The van der Waals surface area contributed by atoms with E-state index < -0.39 is 11.8 Å². The van der Waals surface area contributed by atoms with Gasteiger partial charge in [0.25, 0.3) is 0 Å². The maximum Gasteiger partial charge on any atom is 0.313 e. The molecule has 8 nitrogen and oxygen atoms in total. The van der Waals surface area contributed by atoms with Crippen molar-refractivity contribution in [3.05, 3.63) is 47.8 Å². The van der Waals surface area contributed by atoms with E-state index in [1.54, 1.807) is 22.6 Å². The standard InChI is InChI=1S/C22H26N6O2/c1-13-4-7-19(15-5-6-18-16(9-15)12-27(3)26-18)28(11-13)22(30)21(29)25-17-8-14(2)20(23)24-10-17/h5-6,8-10,12-13,19H,4,7,11H2,1-3H3,(H2,23,24)(H,25,29)/t13-,19+/m0/s1. The number of hydrogen-bond acceptors (Lipinski definition) is 5. The van der Waals surface area contributed by atoms with Gasteiger partial charge >= 0.3 is 11.8 Å². The maximum absolute atomic E-state index is 13.1. The summed E-state index contributed by atoms with van der Waals surface area (Å²) >= 11 is 0. The van der Waals surface area contributed by atoms with Crippen molar-refractivity contribution >= 4 is 34.2 Å². The highest BCUT2D eigenvalue weighted by Crippen LogP contribution is 2.34. The minimum atomic E-state index is -0.664. The fourth-order valence-corrected chi connectivity index (χ4v) is 4.07. The van der Waals surface area contributed by atoms with Crippen LogP contribution in [0.25, 0.3) is 10.9 Å². The number of hydrogen-bond donors (Lipinski definition) is 2. The van der Waals surface area contributed by atoms with Crippen LogP contribution >= 0.6 is 0 Å². The van der Waals surface area contributed by atoms with Crippen molar-refractivity contribution in [3.8, 4) is 0 Å². The summed E-state index contributed by atoms with van der Waals surface area (Å²) in [7, 11) is 1.88. The van der Waals surface area contributed by atoms with Gasteiger partial charge in [0.1, 0.15) is 5.82 Å². The van der Waals surface area contributed by atoms with Crippen LogP contribution in [0.15, 0.2) is 36.7 Å². The molecule has 0 radical (unpaired) electrons. The number of aryl methyl sites for hydroxylation is 2. The molecule has 30 heavy (non-hydrogen) atoms. The Bertz CT molecular complexity index is 1120. The van der Waals surface area contributed by atoms with E-state index in [2.05, 4.69) is 28.4 Å². The van der Waals surface area contributed by atoms with Gasteiger partial charge < -0.3 is 16.0 Å². The summed E-state index contributed by atoms with van der Waals surface area (Å²) < 4.78 is 1.77. The smallest absolute Gasteiger partial charge is 0.313 e. The summed E-state index contributed by atoms with van der Waals surface area (Å²) in [6.45, 7) is 4.45. The Kier molecular flexibility index (Phi) is 5.15. The van der Waals surface area contributed by atoms with E-state index in [9.17, 15) is 9.59 Å². The highest BCUT2D eigenvalue weighted by atomic mass is 16.2. The van der Waals surface area contributed by atoms with Gasteiger partial charge in [-0.2, -0.15) is 5.10 Å². The van der Waals surface area contributed by atoms with Gasteiger partial charge in [-0.3, -0.25) is 14.3 Å². The summed E-state index contributed by atoms with van der Waals surface area (Å²) in [5.41, 5.74) is 8.86. The van der Waals surface area contributed by atoms with Gasteiger partial charge in [0, 0.05) is 25.2 Å². The highest BCUT2D eigenvalue weighted by molar-refractivity contribution is 6.39. The number of benzene rings is 1. The van der Waals surface area contributed by atoms with Crippen molar-refractivity contribution < 1.29 is 9.59 Å². The number of carbonyl (C=O) groups is 2. The number of pyridine rings is 1. The molecule has 0 bridgehead atoms. The van der Waals surface area contributed by atoms with Crippen LogP contribution in [0.5, 0.6) is 0 Å². The van der Waals surface area contributed by atoms with Gasteiger partial charge in [-0.05, 0) is 55.0 Å². The SMILES string of the molecule is Cc1cc(NC(=O)C(=O)N2C[C@@H](C)CC[C@@H]2c2ccc3nn(C)cc3c2)cnc1N. The molecule has 3 N–H and O–H groups in total. The maximum atomic E-state index is 13.1. The molecule has 3 aromatic rings. The third-order valence-electron chi connectivity index (χ3n) is 5.68. The number of nitrogens with two attached hydrogens (primary N) is 1. The number of piperidine rings is 1. The summed E-state index contributed by atoms with van der Waals surface area (Å²) in [6.07, 6.45) is 5.23. The van der Waals surface area contributed by atoms with Gasteiger partial charge in [0.15, 0.2) is 0 Å². The lowest BCUT2D eigenvalue weighted by Crippen LogP contribution is -2.46. The number of rotatable bonds is 2. The van der Waals surface area contributed by atoms with Crippen LogP contribution in [0.4, 0.5) is 11.5 Å². The first-order valence-corrected chi connectivity index (χ1v) is 10.1. The van der Waals surface area contributed by atoms with Crippen LogP contribution in [-0.2, 0) is 16.6 Å². The minimum absolute atomic E-state index is 0.143. The predicted molar refractivity (Wildman–Crippen MR) is 116 cm³/mol. The summed E-state index contributed by atoms with van der Waals surface area (Å²) in [5, 5.41) is 8.10. The molecule has 1 aromatic carbocycles. The summed E-state index contributed by atoms with van der Waals surface area (Å²) in [5.74, 6) is -0.467. The summed E-state index contributed by atoms with van der Waals surface area (Å²) in [6, 6.07) is 7.60. The van der Waals surface area contributed by atoms with Crippen molar-refractivity contribution in [3.63, 3.8) is 0 Å². The molecule has 0 unspecified atom stereocenters. The van der Waals surface area contributed by atoms with Crippen LogP contribution in [0, 0.1) is 12.8 Å². The second kappa shape index (κ2) is 7.78. The number of amides is 2. The lowest BCUT2D eigenvalue weighted by Gasteiger charge is -2.38. The second-order valence-electron chi connectivity index (χ2n) is 8.16. The van der Waals surface area contributed by atoms with Crippen LogP contribution in [-0.4, -0.2) is 38.0 Å². The monoisotopic (exact) mass is 406 g/mol. The molecule has 0 spiro atoms. The second-order valence-corrected chi connectivity index (χ2v) is 8.16. The molecule has 0 saturated carbocycles. The van der Waals surface area contributed by atoms with Gasteiger partial charge in [0.05, 0.1) is 23.4 Å². The Balaban J connectivity index is 1.58. The van der Waals surface area contributed by atoms with Crippen molar-refractivity contribution in [2.24, 2.45) is 13.0 Å².